The van der Waals surface area contributed by atoms with E-state index in [4.69, 9.17) is 0 Å². The van der Waals surface area contributed by atoms with Gasteiger partial charge in [-0.2, -0.15) is 0 Å². The van der Waals surface area contributed by atoms with Gasteiger partial charge in [-0.1, -0.05) is 19.8 Å². The first kappa shape index (κ1) is 12.5. The minimum Gasteiger partial charge on any atom is -0.353 e. The molecule has 0 aromatic heterocycles. The Morgan fingerprint density at radius 1 is 1.22 bits per heavy atom. The molecule has 102 valence electrons. The van der Waals surface area contributed by atoms with E-state index in [9.17, 15) is 4.79 Å². The number of amides is 1. The molecule has 3 heteroatoms. The second kappa shape index (κ2) is 4.84. The van der Waals surface area contributed by atoms with Crippen molar-refractivity contribution in [3.8, 4) is 0 Å². The van der Waals surface area contributed by atoms with Gasteiger partial charge in [-0.15, -0.1) is 0 Å². The summed E-state index contributed by atoms with van der Waals surface area (Å²) < 4.78 is 0. The van der Waals surface area contributed by atoms with Crippen LogP contribution in [0.4, 0.5) is 0 Å². The van der Waals surface area contributed by atoms with Crippen LogP contribution in [-0.2, 0) is 4.79 Å². The van der Waals surface area contributed by atoms with Gasteiger partial charge in [-0.25, -0.2) is 0 Å². The fourth-order valence-electron chi connectivity index (χ4n) is 4.01. The van der Waals surface area contributed by atoms with E-state index in [0.29, 0.717) is 29.2 Å². The Morgan fingerprint density at radius 3 is 2.67 bits per heavy atom. The van der Waals surface area contributed by atoms with Crippen LogP contribution in [0, 0.1) is 17.3 Å². The van der Waals surface area contributed by atoms with E-state index in [1.165, 1.54) is 38.5 Å². The van der Waals surface area contributed by atoms with Gasteiger partial charge in [0, 0.05) is 12.0 Å². The Balaban J connectivity index is 1.53. The second-order valence-corrected chi connectivity index (χ2v) is 6.75. The molecule has 3 atom stereocenters. The molecule has 1 spiro atoms. The van der Waals surface area contributed by atoms with Crippen LogP contribution in [0.15, 0.2) is 0 Å². The number of carbonyl (C=O) groups is 1. The number of carbonyl (C=O) groups excluding carboxylic acids is 1. The zero-order valence-corrected chi connectivity index (χ0v) is 11.5. The zero-order chi connectivity index (χ0) is 12.6. The molecule has 3 nitrogen and oxygen atoms in total. The highest BCUT2D eigenvalue weighted by Crippen LogP contribution is 2.58. The van der Waals surface area contributed by atoms with E-state index < -0.39 is 0 Å². The Hall–Kier alpha value is -0.570. The topological polar surface area (TPSA) is 41.1 Å². The van der Waals surface area contributed by atoms with E-state index >= 15 is 0 Å². The van der Waals surface area contributed by atoms with Crippen LogP contribution in [0.1, 0.15) is 51.9 Å². The van der Waals surface area contributed by atoms with Crippen molar-refractivity contribution >= 4 is 5.91 Å². The molecule has 1 aliphatic heterocycles. The molecule has 1 amide bonds. The highest BCUT2D eigenvalue weighted by Gasteiger charge is 2.57. The van der Waals surface area contributed by atoms with Crippen molar-refractivity contribution in [2.45, 2.75) is 57.9 Å². The molecule has 3 aliphatic rings. The van der Waals surface area contributed by atoms with E-state index in [2.05, 4.69) is 17.6 Å². The van der Waals surface area contributed by atoms with Crippen LogP contribution >= 0.6 is 0 Å². The largest absolute Gasteiger partial charge is 0.353 e. The molecular formula is C15H26N2O. The van der Waals surface area contributed by atoms with Crippen molar-refractivity contribution in [1.82, 2.24) is 10.6 Å². The quantitative estimate of drug-likeness (QED) is 0.788. The Morgan fingerprint density at radius 2 is 1.94 bits per heavy atom. The lowest BCUT2D eigenvalue weighted by molar-refractivity contribution is -0.124. The molecule has 18 heavy (non-hydrogen) atoms. The first-order valence-electron chi connectivity index (χ1n) is 7.72. The average Bonchev–Trinajstić information content (AvgIpc) is 3.07. The number of nitrogens with one attached hydrogen (secondary N) is 2. The molecule has 2 aliphatic carbocycles. The lowest BCUT2D eigenvalue weighted by Gasteiger charge is -2.30. The minimum absolute atomic E-state index is 0.328. The van der Waals surface area contributed by atoms with Gasteiger partial charge in [-0.3, -0.25) is 4.79 Å². The minimum atomic E-state index is 0.328. The summed E-state index contributed by atoms with van der Waals surface area (Å²) in [5.41, 5.74) is 0.382. The third-order valence-electron chi connectivity index (χ3n) is 5.54. The third-order valence-corrected chi connectivity index (χ3v) is 5.54. The maximum atomic E-state index is 12.4. The van der Waals surface area contributed by atoms with Crippen molar-refractivity contribution in [3.05, 3.63) is 0 Å². The monoisotopic (exact) mass is 250 g/mol. The van der Waals surface area contributed by atoms with E-state index in [1.54, 1.807) is 0 Å². The van der Waals surface area contributed by atoms with Crippen molar-refractivity contribution in [2.75, 3.05) is 13.1 Å². The van der Waals surface area contributed by atoms with Crippen molar-refractivity contribution < 1.29 is 4.79 Å². The second-order valence-electron chi connectivity index (χ2n) is 6.75. The van der Waals surface area contributed by atoms with Crippen LogP contribution in [0.5, 0.6) is 0 Å². The molecule has 3 rings (SSSR count). The van der Waals surface area contributed by atoms with E-state index in [1.807, 2.05) is 0 Å². The van der Waals surface area contributed by atoms with Crippen molar-refractivity contribution in [3.63, 3.8) is 0 Å². The van der Waals surface area contributed by atoms with Crippen LogP contribution in [0.25, 0.3) is 0 Å². The third kappa shape index (κ3) is 2.29. The van der Waals surface area contributed by atoms with Gasteiger partial charge in [0.2, 0.25) is 5.91 Å². The first-order chi connectivity index (χ1) is 8.71. The lowest BCUT2D eigenvalue weighted by Crippen LogP contribution is -2.43. The number of hydrogen-bond acceptors (Lipinski definition) is 2. The van der Waals surface area contributed by atoms with Gasteiger partial charge in [0.25, 0.3) is 0 Å². The predicted molar refractivity (Wildman–Crippen MR) is 72.2 cm³/mol. The average molecular weight is 250 g/mol. The molecule has 1 heterocycles. The summed E-state index contributed by atoms with van der Waals surface area (Å²) in [7, 11) is 0. The summed E-state index contributed by atoms with van der Waals surface area (Å²) in [6, 6.07) is 0.450. The number of hydrogen-bond donors (Lipinski definition) is 2. The molecule has 0 radical (unpaired) electrons. The zero-order valence-electron chi connectivity index (χ0n) is 11.5. The summed E-state index contributed by atoms with van der Waals surface area (Å²) in [5.74, 6) is 1.36. The molecule has 0 aromatic rings. The highest BCUT2D eigenvalue weighted by atomic mass is 16.2. The van der Waals surface area contributed by atoms with Crippen LogP contribution in [0.2, 0.25) is 0 Å². The normalized spacial score (nSPS) is 38.4. The van der Waals surface area contributed by atoms with Crippen LogP contribution < -0.4 is 10.6 Å². The molecule has 0 bridgehead atoms. The standard InChI is InChI=1S/C15H26N2O/c1-11-4-2-3-5-13(11)17-14(18)12-10-15(12)6-8-16-9-7-15/h11-13,16H,2-10H2,1H3,(H,17,18). The Labute approximate surface area is 110 Å². The maximum Gasteiger partial charge on any atom is 0.223 e. The summed E-state index contributed by atoms with van der Waals surface area (Å²) in [4.78, 5) is 12.4. The van der Waals surface area contributed by atoms with Gasteiger partial charge in [0.1, 0.15) is 0 Å². The molecule has 2 saturated carbocycles. The predicted octanol–water partition coefficient (Wildman–Crippen LogP) is 2.07. The smallest absolute Gasteiger partial charge is 0.223 e. The summed E-state index contributed by atoms with van der Waals surface area (Å²) in [6.45, 7) is 4.49. The number of rotatable bonds is 2. The van der Waals surface area contributed by atoms with Crippen LogP contribution in [0.3, 0.4) is 0 Å². The summed E-state index contributed by atoms with van der Waals surface area (Å²) in [6.07, 6.45) is 8.64. The van der Waals surface area contributed by atoms with E-state index in [-0.39, 0.29) is 0 Å². The number of piperidine rings is 1. The van der Waals surface area contributed by atoms with Crippen LogP contribution in [-0.4, -0.2) is 25.0 Å². The fourth-order valence-corrected chi connectivity index (χ4v) is 4.01. The molecule has 3 fully saturated rings. The fraction of sp³-hybridized carbons (Fsp3) is 0.933. The SMILES string of the molecule is CC1CCCCC1NC(=O)C1CC12CCNCC2. The van der Waals surface area contributed by atoms with Gasteiger partial charge < -0.3 is 10.6 Å². The Kier molecular flexibility index (Phi) is 3.35. The van der Waals surface area contributed by atoms with Gasteiger partial charge in [-0.05, 0) is 56.5 Å². The lowest BCUT2D eigenvalue weighted by atomic mass is 9.85. The first-order valence-corrected chi connectivity index (χ1v) is 7.72. The van der Waals surface area contributed by atoms with E-state index in [0.717, 1.165) is 19.5 Å². The van der Waals surface area contributed by atoms with Crippen molar-refractivity contribution in [2.24, 2.45) is 17.3 Å². The molecular weight excluding hydrogens is 224 g/mol. The molecule has 0 aromatic carbocycles. The molecule has 3 unspecified atom stereocenters. The Bertz CT molecular complexity index is 322. The summed E-state index contributed by atoms with van der Waals surface area (Å²) in [5, 5.41) is 6.74. The molecule has 1 saturated heterocycles. The van der Waals surface area contributed by atoms with Gasteiger partial charge in [0.05, 0.1) is 0 Å². The summed E-state index contributed by atoms with van der Waals surface area (Å²) >= 11 is 0. The maximum absolute atomic E-state index is 12.4. The van der Waals surface area contributed by atoms with Gasteiger partial charge >= 0.3 is 0 Å². The molecule has 2 N–H and O–H groups in total. The van der Waals surface area contributed by atoms with Gasteiger partial charge in [0.15, 0.2) is 0 Å². The highest BCUT2D eigenvalue weighted by molar-refractivity contribution is 5.82. The van der Waals surface area contributed by atoms with Crippen molar-refractivity contribution in [1.29, 1.82) is 0 Å².